The summed E-state index contributed by atoms with van der Waals surface area (Å²) in [7, 11) is 1.66. The fraction of sp³-hybridized carbons (Fsp3) is 0.250. The highest BCUT2D eigenvalue weighted by atomic mass is 32.2. The normalized spacial score (nSPS) is 10.6. The zero-order valence-electron chi connectivity index (χ0n) is 15.6. The van der Waals surface area contributed by atoms with Crippen LogP contribution in [0.3, 0.4) is 0 Å². The van der Waals surface area contributed by atoms with Gasteiger partial charge in [-0.3, -0.25) is 9.59 Å². The van der Waals surface area contributed by atoms with E-state index in [1.54, 1.807) is 37.5 Å². The number of amides is 1. The lowest BCUT2D eigenvalue weighted by Crippen LogP contribution is -2.30. The Kier molecular flexibility index (Phi) is 6.06. The number of nitrogens with zero attached hydrogens (tertiary/aromatic N) is 5. The minimum absolute atomic E-state index is 0.110. The maximum absolute atomic E-state index is 13.2. The molecule has 28 heavy (non-hydrogen) atoms. The summed E-state index contributed by atoms with van der Waals surface area (Å²) in [5.74, 6) is 0.476. The molecule has 0 aliphatic heterocycles. The highest BCUT2D eigenvalue weighted by Crippen LogP contribution is 2.22. The molecule has 7 nitrogen and oxygen atoms in total. The van der Waals surface area contributed by atoms with E-state index in [0.717, 1.165) is 5.56 Å². The first-order chi connectivity index (χ1) is 13.5. The Hall–Kier alpha value is -3.18. The number of nitriles is 1. The van der Waals surface area contributed by atoms with Crippen molar-refractivity contribution in [1.29, 1.82) is 5.26 Å². The number of benzene rings is 1. The summed E-state index contributed by atoms with van der Waals surface area (Å²) in [5, 5.41) is 9.58. The van der Waals surface area contributed by atoms with Crippen molar-refractivity contribution in [2.45, 2.75) is 18.5 Å². The largest absolute Gasteiger partial charge is 0.344 e. The maximum atomic E-state index is 13.2. The Bertz CT molecular complexity index is 1120. The number of rotatable bonds is 6. The number of carbonyl (C=O) groups excluding carboxylic acids is 1. The van der Waals surface area contributed by atoms with E-state index in [-0.39, 0.29) is 23.6 Å². The van der Waals surface area contributed by atoms with E-state index in [9.17, 15) is 9.59 Å². The van der Waals surface area contributed by atoms with Gasteiger partial charge in [-0.25, -0.2) is 14.5 Å². The first-order valence-electron chi connectivity index (χ1n) is 8.70. The average molecular weight is 393 g/mol. The minimum Gasteiger partial charge on any atom is -0.344 e. The molecule has 2 heterocycles. The van der Waals surface area contributed by atoms with Crippen molar-refractivity contribution in [3.05, 3.63) is 58.5 Å². The van der Waals surface area contributed by atoms with Gasteiger partial charge in [0.1, 0.15) is 5.82 Å². The molecule has 3 rings (SSSR count). The van der Waals surface area contributed by atoms with Crippen LogP contribution >= 0.6 is 11.8 Å². The number of carbonyl (C=O) groups is 1. The molecule has 0 unspecified atom stereocenters. The fourth-order valence-electron chi connectivity index (χ4n) is 2.69. The summed E-state index contributed by atoms with van der Waals surface area (Å²) >= 11 is 1.19. The summed E-state index contributed by atoms with van der Waals surface area (Å²) in [6, 6.07) is 12.8. The molecule has 2 aromatic heterocycles. The smallest absolute Gasteiger partial charge is 0.267 e. The number of aryl methyl sites for hydroxylation is 1. The van der Waals surface area contributed by atoms with Gasteiger partial charge in [0, 0.05) is 19.8 Å². The third-order valence-corrected chi connectivity index (χ3v) is 5.17. The first-order valence-corrected chi connectivity index (χ1v) is 9.69. The number of pyridine rings is 1. The van der Waals surface area contributed by atoms with Crippen LogP contribution in [0.1, 0.15) is 12.0 Å². The van der Waals surface area contributed by atoms with Gasteiger partial charge < -0.3 is 4.90 Å². The van der Waals surface area contributed by atoms with Gasteiger partial charge in [0.25, 0.3) is 5.56 Å². The van der Waals surface area contributed by atoms with E-state index in [1.165, 1.54) is 21.2 Å². The molecule has 1 amide bonds. The number of para-hydroxylation sites is 1. The van der Waals surface area contributed by atoms with Crippen LogP contribution in [-0.2, 0) is 4.79 Å². The maximum Gasteiger partial charge on any atom is 0.267 e. The SMILES string of the molecule is Cc1cccnc1-n1c(SCC(=O)N(C)CCC#N)nc2ccccc2c1=O. The predicted molar refractivity (Wildman–Crippen MR) is 108 cm³/mol. The Morgan fingerprint density at radius 3 is 2.82 bits per heavy atom. The van der Waals surface area contributed by atoms with Crippen molar-refractivity contribution in [3.63, 3.8) is 0 Å². The third-order valence-electron chi connectivity index (χ3n) is 4.25. The Morgan fingerprint density at radius 1 is 1.29 bits per heavy atom. The van der Waals surface area contributed by atoms with Crippen molar-refractivity contribution in [1.82, 2.24) is 19.4 Å². The van der Waals surface area contributed by atoms with Crippen LogP contribution in [0.25, 0.3) is 16.7 Å². The van der Waals surface area contributed by atoms with Crippen LogP contribution in [0.2, 0.25) is 0 Å². The quantitative estimate of drug-likeness (QED) is 0.472. The van der Waals surface area contributed by atoms with Gasteiger partial charge in [-0.2, -0.15) is 5.26 Å². The van der Waals surface area contributed by atoms with Gasteiger partial charge in [-0.15, -0.1) is 0 Å². The molecule has 0 fully saturated rings. The second-order valence-corrected chi connectivity index (χ2v) is 7.15. The number of aromatic nitrogens is 3. The lowest BCUT2D eigenvalue weighted by atomic mass is 10.2. The molecule has 142 valence electrons. The number of hydrogen-bond acceptors (Lipinski definition) is 6. The first kappa shape index (κ1) is 19.6. The number of hydrogen-bond donors (Lipinski definition) is 0. The van der Waals surface area contributed by atoms with Crippen molar-refractivity contribution < 1.29 is 4.79 Å². The molecule has 0 aliphatic carbocycles. The van der Waals surface area contributed by atoms with Gasteiger partial charge in [0.2, 0.25) is 5.91 Å². The van der Waals surface area contributed by atoms with Crippen LogP contribution in [0, 0.1) is 18.3 Å². The highest BCUT2D eigenvalue weighted by Gasteiger charge is 2.17. The van der Waals surface area contributed by atoms with E-state index in [4.69, 9.17) is 5.26 Å². The van der Waals surface area contributed by atoms with Crippen LogP contribution in [0.4, 0.5) is 0 Å². The molecular formula is C20H19N5O2S. The molecule has 0 radical (unpaired) electrons. The zero-order valence-corrected chi connectivity index (χ0v) is 16.4. The molecule has 3 aromatic rings. The average Bonchev–Trinajstić information content (AvgIpc) is 2.71. The molecule has 8 heteroatoms. The summed E-state index contributed by atoms with van der Waals surface area (Å²) < 4.78 is 1.46. The Labute approximate surface area is 166 Å². The topological polar surface area (TPSA) is 91.9 Å². The van der Waals surface area contributed by atoms with Gasteiger partial charge in [0.15, 0.2) is 5.16 Å². The van der Waals surface area contributed by atoms with Crippen LogP contribution in [-0.4, -0.2) is 44.7 Å². The monoisotopic (exact) mass is 393 g/mol. The fourth-order valence-corrected chi connectivity index (χ4v) is 3.62. The summed E-state index contributed by atoms with van der Waals surface area (Å²) in [5.41, 5.74) is 1.19. The van der Waals surface area contributed by atoms with Crippen molar-refractivity contribution in [3.8, 4) is 11.9 Å². The summed E-state index contributed by atoms with van der Waals surface area (Å²) in [6.07, 6.45) is 1.90. The van der Waals surface area contributed by atoms with Crippen molar-refractivity contribution >= 4 is 28.6 Å². The van der Waals surface area contributed by atoms with E-state index in [2.05, 4.69) is 9.97 Å². The molecule has 0 saturated heterocycles. The number of thioether (sulfide) groups is 1. The number of fused-ring (bicyclic) bond motifs is 1. The summed E-state index contributed by atoms with van der Waals surface area (Å²) in [6.45, 7) is 2.24. The van der Waals surface area contributed by atoms with Gasteiger partial charge in [0.05, 0.1) is 29.1 Å². The van der Waals surface area contributed by atoms with Crippen molar-refractivity contribution in [2.75, 3.05) is 19.3 Å². The minimum atomic E-state index is -0.222. The summed E-state index contributed by atoms with van der Waals surface area (Å²) in [4.78, 5) is 36.0. The second kappa shape index (κ2) is 8.67. The van der Waals surface area contributed by atoms with Crippen LogP contribution in [0.15, 0.2) is 52.5 Å². The van der Waals surface area contributed by atoms with Gasteiger partial charge in [-0.1, -0.05) is 30.0 Å². The molecule has 0 atom stereocenters. The Morgan fingerprint density at radius 2 is 2.07 bits per heavy atom. The van der Waals surface area contributed by atoms with E-state index >= 15 is 0 Å². The zero-order chi connectivity index (χ0) is 20.1. The standard InChI is InChI=1S/C20H19N5O2S/c1-14-7-5-11-22-18(14)25-19(27)15-8-3-4-9-16(15)23-20(25)28-13-17(26)24(2)12-6-10-21/h3-5,7-9,11H,6,12-13H2,1-2H3. The van der Waals surface area contributed by atoms with Crippen LogP contribution < -0.4 is 5.56 Å². The van der Waals surface area contributed by atoms with Gasteiger partial charge >= 0.3 is 0 Å². The van der Waals surface area contributed by atoms with E-state index in [0.29, 0.717) is 28.4 Å². The second-order valence-electron chi connectivity index (χ2n) is 6.21. The van der Waals surface area contributed by atoms with E-state index in [1.807, 2.05) is 25.1 Å². The molecular weight excluding hydrogens is 374 g/mol. The van der Waals surface area contributed by atoms with Crippen LogP contribution in [0.5, 0.6) is 0 Å². The van der Waals surface area contributed by atoms with Crippen molar-refractivity contribution in [2.24, 2.45) is 0 Å². The predicted octanol–water partition coefficient (Wildman–Crippen LogP) is 2.55. The highest BCUT2D eigenvalue weighted by molar-refractivity contribution is 7.99. The van der Waals surface area contributed by atoms with E-state index < -0.39 is 0 Å². The molecule has 0 aliphatic rings. The molecule has 0 bridgehead atoms. The molecule has 0 saturated carbocycles. The lowest BCUT2D eigenvalue weighted by molar-refractivity contribution is -0.127. The third kappa shape index (κ3) is 4.05. The molecule has 1 aromatic carbocycles. The molecule has 0 spiro atoms. The van der Waals surface area contributed by atoms with Gasteiger partial charge in [-0.05, 0) is 30.7 Å². The molecule has 0 N–H and O–H groups in total. The lowest BCUT2D eigenvalue weighted by Gasteiger charge is -2.17. The Balaban J connectivity index is 2.03.